The smallest absolute Gasteiger partial charge is 0.191 e. The monoisotopic (exact) mass is 305 g/mol. The zero-order chi connectivity index (χ0) is 15.6. The molecule has 0 spiro atoms. The Kier molecular flexibility index (Phi) is 7.03. The van der Waals surface area contributed by atoms with E-state index < -0.39 is 0 Å². The van der Waals surface area contributed by atoms with Crippen LogP contribution in [0.25, 0.3) is 0 Å². The van der Waals surface area contributed by atoms with Crippen LogP contribution in [0.15, 0.2) is 29.3 Å². The Hall–Kier alpha value is -1.75. The first kappa shape index (κ1) is 16.6. The lowest BCUT2D eigenvalue weighted by molar-refractivity contribution is 0.117. The molecule has 0 aliphatic carbocycles. The number of methoxy groups -OCH3 is 1. The zero-order valence-electron chi connectivity index (χ0n) is 13.6. The maximum Gasteiger partial charge on any atom is 0.191 e. The fourth-order valence-electron chi connectivity index (χ4n) is 2.44. The normalized spacial score (nSPS) is 18.3. The summed E-state index contributed by atoms with van der Waals surface area (Å²) in [5.74, 6) is 1.76. The van der Waals surface area contributed by atoms with Crippen molar-refractivity contribution >= 4 is 5.96 Å². The zero-order valence-corrected chi connectivity index (χ0v) is 13.6. The summed E-state index contributed by atoms with van der Waals surface area (Å²) < 4.78 is 10.8. The van der Waals surface area contributed by atoms with Gasteiger partial charge in [0.1, 0.15) is 5.75 Å². The quantitative estimate of drug-likeness (QED) is 0.597. The minimum Gasteiger partial charge on any atom is -0.497 e. The van der Waals surface area contributed by atoms with Crippen molar-refractivity contribution in [1.29, 1.82) is 0 Å². The summed E-state index contributed by atoms with van der Waals surface area (Å²) in [6.45, 7) is 5.40. The van der Waals surface area contributed by atoms with E-state index in [4.69, 9.17) is 9.47 Å². The molecule has 1 heterocycles. The van der Waals surface area contributed by atoms with Gasteiger partial charge < -0.3 is 20.1 Å². The highest BCUT2D eigenvalue weighted by Gasteiger charge is 2.14. The molecule has 5 heteroatoms. The Balaban J connectivity index is 1.76. The number of guanidine groups is 1. The van der Waals surface area contributed by atoms with Crippen LogP contribution in [0.1, 0.15) is 25.3 Å². The number of hydrogen-bond acceptors (Lipinski definition) is 3. The number of nitrogens with one attached hydrogen (secondary N) is 2. The minimum atomic E-state index is 0.289. The Bertz CT molecular complexity index is 453. The number of aliphatic imine (C=N–C) groups is 1. The second-order valence-electron chi connectivity index (χ2n) is 5.38. The van der Waals surface area contributed by atoms with Gasteiger partial charge in [-0.15, -0.1) is 0 Å². The highest BCUT2D eigenvalue weighted by molar-refractivity contribution is 5.79. The lowest BCUT2D eigenvalue weighted by Crippen LogP contribution is -2.38. The van der Waals surface area contributed by atoms with Crippen LogP contribution in [0.5, 0.6) is 5.75 Å². The van der Waals surface area contributed by atoms with Gasteiger partial charge in [-0.3, -0.25) is 4.99 Å². The van der Waals surface area contributed by atoms with Gasteiger partial charge in [-0.1, -0.05) is 12.1 Å². The van der Waals surface area contributed by atoms with Gasteiger partial charge in [-0.05, 0) is 43.9 Å². The number of ether oxygens (including phenoxy) is 2. The molecule has 0 radical (unpaired) electrons. The van der Waals surface area contributed by atoms with Crippen LogP contribution < -0.4 is 15.4 Å². The third kappa shape index (κ3) is 5.56. The van der Waals surface area contributed by atoms with Crippen molar-refractivity contribution in [2.45, 2.75) is 32.3 Å². The van der Waals surface area contributed by atoms with Gasteiger partial charge in [0.05, 0.1) is 19.8 Å². The van der Waals surface area contributed by atoms with E-state index in [1.807, 2.05) is 12.1 Å². The van der Waals surface area contributed by atoms with Crippen molar-refractivity contribution in [3.63, 3.8) is 0 Å². The second-order valence-corrected chi connectivity index (χ2v) is 5.38. The highest BCUT2D eigenvalue weighted by Crippen LogP contribution is 2.12. The Morgan fingerprint density at radius 1 is 1.32 bits per heavy atom. The van der Waals surface area contributed by atoms with Crippen LogP contribution in [-0.2, 0) is 11.2 Å². The van der Waals surface area contributed by atoms with Gasteiger partial charge in [0.15, 0.2) is 5.96 Å². The van der Waals surface area contributed by atoms with Crippen LogP contribution in [0, 0.1) is 0 Å². The molecular formula is C17H27N3O2. The maximum atomic E-state index is 5.60. The molecule has 1 aromatic rings. The van der Waals surface area contributed by atoms with Crippen molar-refractivity contribution < 1.29 is 9.47 Å². The topological polar surface area (TPSA) is 54.9 Å². The van der Waals surface area contributed by atoms with Crippen molar-refractivity contribution in [3.8, 4) is 5.75 Å². The molecule has 0 aromatic heterocycles. The summed E-state index contributed by atoms with van der Waals surface area (Å²) in [5, 5.41) is 6.65. The third-order valence-electron chi connectivity index (χ3n) is 3.69. The first-order valence-corrected chi connectivity index (χ1v) is 8.08. The van der Waals surface area contributed by atoms with Crippen molar-refractivity contribution in [2.75, 3.05) is 33.4 Å². The van der Waals surface area contributed by atoms with Crippen LogP contribution in [0.2, 0.25) is 0 Å². The lowest BCUT2D eigenvalue weighted by atomic mass is 10.1. The largest absolute Gasteiger partial charge is 0.497 e. The van der Waals surface area contributed by atoms with Gasteiger partial charge in [0, 0.05) is 19.7 Å². The van der Waals surface area contributed by atoms with Crippen LogP contribution >= 0.6 is 0 Å². The number of hydrogen-bond donors (Lipinski definition) is 2. The first-order valence-electron chi connectivity index (χ1n) is 8.08. The predicted octanol–water partition coefficient (Wildman–Crippen LogP) is 1.97. The molecule has 1 saturated heterocycles. The molecule has 0 saturated carbocycles. The fourth-order valence-corrected chi connectivity index (χ4v) is 2.44. The molecule has 1 aliphatic rings. The summed E-state index contributed by atoms with van der Waals surface area (Å²) in [6, 6.07) is 8.17. The van der Waals surface area contributed by atoms with E-state index in [0.717, 1.165) is 57.2 Å². The summed E-state index contributed by atoms with van der Waals surface area (Å²) in [4.78, 5) is 4.60. The fraction of sp³-hybridized carbons (Fsp3) is 0.588. The second kappa shape index (κ2) is 9.30. The average Bonchev–Trinajstić information content (AvgIpc) is 3.06. The molecule has 1 unspecified atom stereocenters. The van der Waals surface area contributed by atoms with E-state index >= 15 is 0 Å². The molecular weight excluding hydrogens is 278 g/mol. The molecule has 1 fully saturated rings. The van der Waals surface area contributed by atoms with Crippen molar-refractivity contribution in [1.82, 2.24) is 10.6 Å². The Morgan fingerprint density at radius 2 is 2.14 bits per heavy atom. The van der Waals surface area contributed by atoms with Crippen LogP contribution in [-0.4, -0.2) is 45.4 Å². The Labute approximate surface area is 133 Å². The summed E-state index contributed by atoms with van der Waals surface area (Å²) in [5.41, 5.74) is 1.28. The maximum absolute atomic E-state index is 5.60. The third-order valence-corrected chi connectivity index (χ3v) is 3.69. The molecule has 5 nitrogen and oxygen atoms in total. The highest BCUT2D eigenvalue weighted by atomic mass is 16.5. The number of rotatable bonds is 7. The van der Waals surface area contributed by atoms with E-state index in [-0.39, 0.29) is 6.10 Å². The SMILES string of the molecule is CCNC(=NCC1CCCO1)NCCc1ccc(OC)cc1. The van der Waals surface area contributed by atoms with Gasteiger partial charge in [0.25, 0.3) is 0 Å². The lowest BCUT2D eigenvalue weighted by Gasteiger charge is -2.13. The summed E-state index contributed by atoms with van der Waals surface area (Å²) >= 11 is 0. The van der Waals surface area contributed by atoms with Gasteiger partial charge >= 0.3 is 0 Å². The molecule has 2 rings (SSSR count). The van der Waals surface area contributed by atoms with E-state index in [1.165, 1.54) is 5.56 Å². The van der Waals surface area contributed by atoms with Crippen LogP contribution in [0.4, 0.5) is 0 Å². The molecule has 1 aliphatic heterocycles. The molecule has 122 valence electrons. The van der Waals surface area contributed by atoms with E-state index in [1.54, 1.807) is 7.11 Å². The van der Waals surface area contributed by atoms with E-state index in [0.29, 0.717) is 0 Å². The number of nitrogens with zero attached hydrogens (tertiary/aromatic N) is 1. The minimum absolute atomic E-state index is 0.289. The predicted molar refractivity (Wildman–Crippen MR) is 89.7 cm³/mol. The van der Waals surface area contributed by atoms with Gasteiger partial charge in [0.2, 0.25) is 0 Å². The van der Waals surface area contributed by atoms with E-state index in [2.05, 4.69) is 34.7 Å². The van der Waals surface area contributed by atoms with Gasteiger partial charge in [-0.25, -0.2) is 0 Å². The standard InChI is InChI=1S/C17H27N3O2/c1-3-18-17(20-13-16-5-4-12-22-16)19-11-10-14-6-8-15(21-2)9-7-14/h6-9,16H,3-5,10-13H2,1-2H3,(H2,18,19,20). The van der Waals surface area contributed by atoms with Crippen molar-refractivity contribution in [3.05, 3.63) is 29.8 Å². The van der Waals surface area contributed by atoms with Crippen LogP contribution in [0.3, 0.4) is 0 Å². The molecule has 1 aromatic carbocycles. The average molecular weight is 305 g/mol. The molecule has 0 amide bonds. The van der Waals surface area contributed by atoms with Crippen molar-refractivity contribution in [2.24, 2.45) is 4.99 Å². The van der Waals surface area contributed by atoms with Gasteiger partial charge in [-0.2, -0.15) is 0 Å². The Morgan fingerprint density at radius 3 is 2.77 bits per heavy atom. The summed E-state index contributed by atoms with van der Waals surface area (Å²) in [6.07, 6.45) is 3.52. The number of benzene rings is 1. The molecule has 0 bridgehead atoms. The summed E-state index contributed by atoms with van der Waals surface area (Å²) in [7, 11) is 1.68. The molecule has 1 atom stereocenters. The van der Waals surface area contributed by atoms with E-state index in [9.17, 15) is 0 Å². The molecule has 22 heavy (non-hydrogen) atoms. The first-order chi connectivity index (χ1) is 10.8. The molecule has 2 N–H and O–H groups in total.